The van der Waals surface area contributed by atoms with Gasteiger partial charge in [-0.25, -0.2) is 0 Å². The number of rotatable bonds is 6. The van der Waals surface area contributed by atoms with E-state index < -0.39 is 0 Å². The van der Waals surface area contributed by atoms with Crippen LogP contribution in [0.4, 0.5) is 0 Å². The van der Waals surface area contributed by atoms with Gasteiger partial charge in [-0.05, 0) is 12.0 Å². The van der Waals surface area contributed by atoms with E-state index in [1.54, 1.807) is 12.1 Å². The van der Waals surface area contributed by atoms with Crippen LogP contribution >= 0.6 is 12.6 Å². The molecule has 0 saturated heterocycles. The van der Waals surface area contributed by atoms with Crippen molar-refractivity contribution in [1.82, 2.24) is 0 Å². The molecular formula is C17H16O2S. The molecule has 0 fully saturated rings. The van der Waals surface area contributed by atoms with Crippen molar-refractivity contribution < 1.29 is 9.59 Å². The number of thiol groups is 1. The minimum atomic E-state index is -0.381. The third kappa shape index (κ3) is 4.07. The van der Waals surface area contributed by atoms with E-state index in [-0.39, 0.29) is 23.2 Å². The molecule has 0 aromatic heterocycles. The molecular weight excluding hydrogens is 268 g/mol. The normalized spacial score (nSPS) is 11.8. The predicted molar refractivity (Wildman–Crippen MR) is 83.0 cm³/mol. The molecule has 0 N–H and O–H groups in total. The van der Waals surface area contributed by atoms with Crippen molar-refractivity contribution in [3.63, 3.8) is 0 Å². The number of carbonyl (C=O) groups excluding carboxylic acids is 2. The number of carbonyl (C=O) groups is 2. The molecule has 2 rings (SSSR count). The Morgan fingerprint density at radius 3 is 2.00 bits per heavy atom. The van der Waals surface area contributed by atoms with Crippen LogP contribution in [0.2, 0.25) is 0 Å². The molecule has 0 aliphatic heterocycles. The van der Waals surface area contributed by atoms with Crippen molar-refractivity contribution in [2.75, 3.05) is 0 Å². The monoisotopic (exact) mass is 284 g/mol. The first-order valence-electron chi connectivity index (χ1n) is 6.52. The van der Waals surface area contributed by atoms with Crippen LogP contribution in [0.1, 0.15) is 22.3 Å². The first-order valence-corrected chi connectivity index (χ1v) is 6.96. The van der Waals surface area contributed by atoms with Gasteiger partial charge < -0.3 is 0 Å². The van der Waals surface area contributed by atoms with Crippen LogP contribution in [-0.2, 0) is 11.2 Å². The quantitative estimate of drug-likeness (QED) is 0.650. The Morgan fingerprint density at radius 2 is 1.45 bits per heavy atom. The molecule has 0 radical (unpaired) electrons. The zero-order valence-electron chi connectivity index (χ0n) is 11.0. The highest BCUT2D eigenvalue weighted by Gasteiger charge is 2.20. The topological polar surface area (TPSA) is 34.1 Å². The Morgan fingerprint density at radius 1 is 0.900 bits per heavy atom. The fourth-order valence-electron chi connectivity index (χ4n) is 2.11. The van der Waals surface area contributed by atoms with Gasteiger partial charge in [0.1, 0.15) is 0 Å². The van der Waals surface area contributed by atoms with Gasteiger partial charge in [0.15, 0.2) is 10.9 Å². The van der Waals surface area contributed by atoms with Gasteiger partial charge in [0.2, 0.25) is 0 Å². The van der Waals surface area contributed by atoms with E-state index in [9.17, 15) is 9.59 Å². The van der Waals surface area contributed by atoms with Crippen molar-refractivity contribution >= 4 is 23.5 Å². The maximum absolute atomic E-state index is 12.2. The number of Topliss-reactive ketones (excluding diaryl/α,β-unsaturated/α-hetero) is 1. The van der Waals surface area contributed by atoms with Gasteiger partial charge in [0, 0.05) is 17.9 Å². The van der Waals surface area contributed by atoms with Crippen molar-refractivity contribution in [3.8, 4) is 0 Å². The molecule has 0 aliphatic rings. The van der Waals surface area contributed by atoms with Crippen molar-refractivity contribution in [1.29, 1.82) is 0 Å². The summed E-state index contributed by atoms with van der Waals surface area (Å²) in [5, 5.41) is -0.238. The zero-order chi connectivity index (χ0) is 14.4. The van der Waals surface area contributed by atoms with E-state index in [0.717, 1.165) is 5.56 Å². The largest absolute Gasteiger partial charge is 0.294 e. The summed E-state index contributed by atoms with van der Waals surface area (Å²) in [6, 6.07) is 18.7. The Balaban J connectivity index is 2.07. The van der Waals surface area contributed by atoms with Crippen LogP contribution in [0.5, 0.6) is 0 Å². The molecule has 0 unspecified atom stereocenters. The summed E-state index contributed by atoms with van der Waals surface area (Å²) in [4.78, 5) is 23.8. The van der Waals surface area contributed by atoms with E-state index in [1.165, 1.54) is 0 Å². The molecule has 0 spiro atoms. The SMILES string of the molecule is O=C(C[C@H](Cc1ccccc1)C(=O)S)c1ccccc1. The van der Waals surface area contributed by atoms with E-state index in [2.05, 4.69) is 12.6 Å². The van der Waals surface area contributed by atoms with Crippen LogP contribution in [0.25, 0.3) is 0 Å². The Hall–Kier alpha value is -1.87. The Kier molecular flexibility index (Phi) is 5.13. The van der Waals surface area contributed by atoms with Crippen LogP contribution in [0, 0.1) is 5.92 Å². The zero-order valence-corrected chi connectivity index (χ0v) is 11.9. The Labute approximate surface area is 124 Å². The highest BCUT2D eigenvalue weighted by atomic mass is 32.1. The number of hydrogen-bond acceptors (Lipinski definition) is 2. The van der Waals surface area contributed by atoms with Gasteiger partial charge >= 0.3 is 0 Å². The van der Waals surface area contributed by atoms with Gasteiger partial charge in [0.25, 0.3) is 0 Å². The lowest BCUT2D eigenvalue weighted by Gasteiger charge is -2.12. The average molecular weight is 284 g/mol. The maximum Gasteiger partial charge on any atom is 0.189 e. The highest BCUT2D eigenvalue weighted by Crippen LogP contribution is 2.18. The molecule has 0 amide bonds. The standard InChI is InChI=1S/C17H16O2S/c18-16(14-9-5-2-6-10-14)12-15(17(19)20)11-13-7-3-1-4-8-13/h1-10,15H,11-12H2,(H,19,20)/t15-/m0/s1. The molecule has 2 aromatic rings. The van der Waals surface area contributed by atoms with Crippen LogP contribution < -0.4 is 0 Å². The summed E-state index contributed by atoms with van der Waals surface area (Å²) in [5.41, 5.74) is 1.68. The van der Waals surface area contributed by atoms with Crippen molar-refractivity contribution in [2.24, 2.45) is 5.92 Å². The minimum absolute atomic E-state index is 0.0195. The molecule has 2 aromatic carbocycles. The third-order valence-corrected chi connectivity index (χ3v) is 3.57. The first kappa shape index (κ1) is 14.5. The molecule has 0 heterocycles. The smallest absolute Gasteiger partial charge is 0.189 e. The summed E-state index contributed by atoms with van der Waals surface area (Å²) < 4.78 is 0. The number of benzene rings is 2. The highest BCUT2D eigenvalue weighted by molar-refractivity contribution is 7.96. The third-order valence-electron chi connectivity index (χ3n) is 3.20. The average Bonchev–Trinajstić information content (AvgIpc) is 2.48. The lowest BCUT2D eigenvalue weighted by molar-refractivity contribution is -0.114. The Bertz CT molecular complexity index is 578. The molecule has 0 aliphatic carbocycles. The second-order valence-electron chi connectivity index (χ2n) is 4.72. The second-order valence-corrected chi connectivity index (χ2v) is 5.16. The molecule has 1 atom stereocenters. The van der Waals surface area contributed by atoms with E-state index in [0.29, 0.717) is 12.0 Å². The number of ketones is 1. The first-order chi connectivity index (χ1) is 9.66. The summed E-state index contributed by atoms with van der Waals surface area (Å²) >= 11 is 3.92. The molecule has 20 heavy (non-hydrogen) atoms. The van der Waals surface area contributed by atoms with Gasteiger partial charge in [-0.1, -0.05) is 60.7 Å². The molecule has 3 heteroatoms. The van der Waals surface area contributed by atoms with Gasteiger partial charge in [-0.2, -0.15) is 0 Å². The van der Waals surface area contributed by atoms with Crippen LogP contribution in [0.15, 0.2) is 60.7 Å². The molecule has 0 bridgehead atoms. The molecule has 102 valence electrons. The van der Waals surface area contributed by atoms with Crippen LogP contribution in [-0.4, -0.2) is 10.9 Å². The maximum atomic E-state index is 12.2. The number of hydrogen-bond donors (Lipinski definition) is 1. The predicted octanol–water partition coefficient (Wildman–Crippen LogP) is 3.57. The van der Waals surface area contributed by atoms with E-state index in [4.69, 9.17) is 0 Å². The summed E-state index contributed by atoms with van der Waals surface area (Å²) in [6.07, 6.45) is 0.739. The van der Waals surface area contributed by atoms with Gasteiger partial charge in [0.05, 0.1) is 0 Å². The summed E-state index contributed by atoms with van der Waals surface area (Å²) in [6.45, 7) is 0. The second kappa shape index (κ2) is 7.06. The fourth-order valence-corrected chi connectivity index (χ4v) is 2.29. The minimum Gasteiger partial charge on any atom is -0.294 e. The summed E-state index contributed by atoms with van der Waals surface area (Å²) in [7, 11) is 0. The van der Waals surface area contributed by atoms with Crippen molar-refractivity contribution in [3.05, 3.63) is 71.8 Å². The van der Waals surface area contributed by atoms with Gasteiger partial charge in [-0.15, -0.1) is 12.6 Å². The van der Waals surface area contributed by atoms with Crippen LogP contribution in [0.3, 0.4) is 0 Å². The lowest BCUT2D eigenvalue weighted by atomic mass is 9.93. The molecule has 0 saturated carbocycles. The van der Waals surface area contributed by atoms with Crippen molar-refractivity contribution in [2.45, 2.75) is 12.8 Å². The van der Waals surface area contributed by atoms with E-state index in [1.807, 2.05) is 48.5 Å². The summed E-state index contributed by atoms with van der Waals surface area (Å²) in [5.74, 6) is -0.401. The van der Waals surface area contributed by atoms with E-state index >= 15 is 0 Å². The fraction of sp³-hybridized carbons (Fsp3) is 0.176. The molecule has 2 nitrogen and oxygen atoms in total. The van der Waals surface area contributed by atoms with Gasteiger partial charge in [-0.3, -0.25) is 9.59 Å². The lowest BCUT2D eigenvalue weighted by Crippen LogP contribution is -2.17.